The minimum atomic E-state index is -4.62. The summed E-state index contributed by atoms with van der Waals surface area (Å²) in [5.41, 5.74) is 1.06. The lowest BCUT2D eigenvalue weighted by molar-refractivity contribution is -0.274. The summed E-state index contributed by atoms with van der Waals surface area (Å²) in [4.78, 5) is 0.531. The summed E-state index contributed by atoms with van der Waals surface area (Å²) in [5, 5.41) is 0. The standard InChI is InChI=1S/C13H14BrF3O/c14-12-3-1-2-10(12)8-9-4-6-11(7-5-9)18-13(15,16)17/h4-7,10,12H,1-3,8H2. The fraction of sp³-hybridized carbons (Fsp3) is 0.538. The van der Waals surface area contributed by atoms with E-state index in [9.17, 15) is 13.2 Å². The number of halogens is 4. The zero-order valence-corrected chi connectivity index (χ0v) is 11.3. The molecule has 0 aromatic heterocycles. The lowest BCUT2D eigenvalue weighted by Crippen LogP contribution is -2.17. The van der Waals surface area contributed by atoms with Crippen molar-refractivity contribution in [2.45, 2.75) is 36.9 Å². The van der Waals surface area contributed by atoms with Crippen LogP contribution in [0.5, 0.6) is 5.75 Å². The molecule has 1 aliphatic rings. The molecule has 2 rings (SSSR count). The highest BCUT2D eigenvalue weighted by molar-refractivity contribution is 9.09. The summed E-state index contributed by atoms with van der Waals surface area (Å²) in [6.45, 7) is 0. The fourth-order valence-electron chi connectivity index (χ4n) is 2.35. The van der Waals surface area contributed by atoms with Gasteiger partial charge in [0.2, 0.25) is 0 Å². The highest BCUT2D eigenvalue weighted by atomic mass is 79.9. The van der Waals surface area contributed by atoms with E-state index in [0.29, 0.717) is 10.7 Å². The summed E-state index contributed by atoms with van der Waals surface area (Å²) >= 11 is 3.64. The molecular weight excluding hydrogens is 309 g/mol. The summed E-state index contributed by atoms with van der Waals surface area (Å²) in [5.74, 6) is 0.424. The number of benzene rings is 1. The van der Waals surface area contributed by atoms with Gasteiger partial charge >= 0.3 is 6.36 Å². The second kappa shape index (κ2) is 5.51. The van der Waals surface area contributed by atoms with Crippen LogP contribution >= 0.6 is 15.9 Å². The van der Waals surface area contributed by atoms with Crippen molar-refractivity contribution in [1.29, 1.82) is 0 Å². The van der Waals surface area contributed by atoms with Crippen LogP contribution in [-0.4, -0.2) is 11.2 Å². The maximum Gasteiger partial charge on any atom is 0.573 e. The molecule has 2 unspecified atom stereocenters. The van der Waals surface area contributed by atoms with Gasteiger partial charge in [-0.25, -0.2) is 0 Å². The third kappa shape index (κ3) is 3.90. The molecule has 0 aliphatic heterocycles. The van der Waals surface area contributed by atoms with Crippen LogP contribution in [0.3, 0.4) is 0 Å². The fourth-order valence-corrected chi connectivity index (χ4v) is 3.13. The van der Waals surface area contributed by atoms with Crippen molar-refractivity contribution in [2.24, 2.45) is 5.92 Å². The van der Waals surface area contributed by atoms with E-state index in [1.54, 1.807) is 12.1 Å². The van der Waals surface area contributed by atoms with Crippen LogP contribution in [0.2, 0.25) is 0 Å². The van der Waals surface area contributed by atoms with E-state index in [-0.39, 0.29) is 5.75 Å². The monoisotopic (exact) mass is 322 g/mol. The molecule has 100 valence electrons. The Balaban J connectivity index is 1.95. The molecule has 1 fully saturated rings. The van der Waals surface area contributed by atoms with Gasteiger partial charge in [0, 0.05) is 4.83 Å². The summed E-state index contributed by atoms with van der Waals surface area (Å²) < 4.78 is 39.8. The molecule has 0 bridgehead atoms. The second-order valence-electron chi connectivity index (χ2n) is 4.60. The molecule has 1 aromatic rings. The van der Waals surface area contributed by atoms with Gasteiger partial charge in [-0.3, -0.25) is 0 Å². The predicted octanol–water partition coefficient (Wildman–Crippen LogP) is 4.69. The smallest absolute Gasteiger partial charge is 0.406 e. The predicted molar refractivity (Wildman–Crippen MR) is 66.9 cm³/mol. The maximum absolute atomic E-state index is 12.0. The first-order valence-corrected chi connectivity index (χ1v) is 6.84. The molecular formula is C13H14BrF3O. The highest BCUT2D eigenvalue weighted by Gasteiger charge is 2.31. The highest BCUT2D eigenvalue weighted by Crippen LogP contribution is 2.34. The Labute approximate surface area is 112 Å². The van der Waals surface area contributed by atoms with E-state index < -0.39 is 6.36 Å². The first-order chi connectivity index (χ1) is 8.44. The third-order valence-corrected chi connectivity index (χ3v) is 4.43. The van der Waals surface area contributed by atoms with Gasteiger partial charge in [-0.1, -0.05) is 34.5 Å². The average Bonchev–Trinajstić information content (AvgIpc) is 2.65. The maximum atomic E-state index is 12.0. The van der Waals surface area contributed by atoms with E-state index in [0.717, 1.165) is 12.0 Å². The van der Waals surface area contributed by atoms with E-state index in [1.807, 2.05) is 0 Å². The van der Waals surface area contributed by atoms with Gasteiger partial charge in [0.25, 0.3) is 0 Å². The molecule has 0 N–H and O–H groups in total. The number of hydrogen-bond acceptors (Lipinski definition) is 1. The Morgan fingerprint density at radius 3 is 2.33 bits per heavy atom. The molecule has 0 saturated heterocycles. The first kappa shape index (κ1) is 13.7. The Morgan fingerprint density at radius 1 is 1.17 bits per heavy atom. The van der Waals surface area contributed by atoms with Crippen molar-refractivity contribution in [3.63, 3.8) is 0 Å². The van der Waals surface area contributed by atoms with E-state index >= 15 is 0 Å². The molecule has 0 radical (unpaired) electrons. The summed E-state index contributed by atoms with van der Waals surface area (Å²) in [6.07, 6.45) is -0.136. The molecule has 0 amide bonds. The van der Waals surface area contributed by atoms with Crippen molar-refractivity contribution in [1.82, 2.24) is 0 Å². The van der Waals surface area contributed by atoms with Crippen LogP contribution < -0.4 is 4.74 Å². The summed E-state index contributed by atoms with van der Waals surface area (Å²) in [6, 6.07) is 6.17. The SMILES string of the molecule is FC(F)(F)Oc1ccc(CC2CCCC2Br)cc1. The minimum Gasteiger partial charge on any atom is -0.406 e. The van der Waals surface area contributed by atoms with Crippen LogP contribution in [0.15, 0.2) is 24.3 Å². The Morgan fingerprint density at radius 2 is 1.83 bits per heavy atom. The van der Waals surface area contributed by atoms with Crippen molar-refractivity contribution in [3.8, 4) is 5.75 Å². The molecule has 1 nitrogen and oxygen atoms in total. The van der Waals surface area contributed by atoms with Crippen LogP contribution in [-0.2, 0) is 6.42 Å². The average molecular weight is 323 g/mol. The Hall–Kier alpha value is -0.710. The normalized spacial score (nSPS) is 24.2. The van der Waals surface area contributed by atoms with E-state index in [1.165, 1.54) is 31.4 Å². The zero-order chi connectivity index (χ0) is 13.2. The quantitative estimate of drug-likeness (QED) is 0.733. The van der Waals surface area contributed by atoms with Crippen molar-refractivity contribution >= 4 is 15.9 Å². The van der Waals surface area contributed by atoms with Crippen molar-refractivity contribution in [3.05, 3.63) is 29.8 Å². The lowest BCUT2D eigenvalue weighted by Gasteiger charge is -2.14. The minimum absolute atomic E-state index is 0.159. The van der Waals surface area contributed by atoms with Gasteiger partial charge in [0.1, 0.15) is 5.75 Å². The van der Waals surface area contributed by atoms with Crippen LogP contribution in [0.25, 0.3) is 0 Å². The lowest BCUT2D eigenvalue weighted by atomic mass is 9.98. The molecule has 0 heterocycles. The zero-order valence-electron chi connectivity index (χ0n) is 9.71. The number of hydrogen-bond donors (Lipinski definition) is 0. The summed E-state index contributed by atoms with van der Waals surface area (Å²) in [7, 11) is 0. The van der Waals surface area contributed by atoms with Gasteiger partial charge in [0.15, 0.2) is 0 Å². The van der Waals surface area contributed by atoms with Crippen molar-refractivity contribution in [2.75, 3.05) is 0 Å². The number of ether oxygens (including phenoxy) is 1. The molecule has 18 heavy (non-hydrogen) atoms. The van der Waals surface area contributed by atoms with Gasteiger partial charge in [-0.15, -0.1) is 13.2 Å². The largest absolute Gasteiger partial charge is 0.573 e. The Bertz CT molecular complexity index is 388. The third-order valence-electron chi connectivity index (χ3n) is 3.22. The molecule has 1 saturated carbocycles. The van der Waals surface area contributed by atoms with E-state index in [2.05, 4.69) is 20.7 Å². The first-order valence-electron chi connectivity index (χ1n) is 5.93. The molecule has 2 atom stereocenters. The molecule has 1 aliphatic carbocycles. The Kier molecular flexibility index (Phi) is 4.20. The number of rotatable bonds is 3. The van der Waals surface area contributed by atoms with Crippen molar-refractivity contribution < 1.29 is 17.9 Å². The van der Waals surface area contributed by atoms with Gasteiger partial charge in [-0.2, -0.15) is 0 Å². The van der Waals surface area contributed by atoms with Crippen LogP contribution in [0, 0.1) is 5.92 Å². The molecule has 0 spiro atoms. The molecule has 1 aromatic carbocycles. The van der Waals surface area contributed by atoms with Gasteiger partial charge < -0.3 is 4.74 Å². The van der Waals surface area contributed by atoms with Crippen LogP contribution in [0.1, 0.15) is 24.8 Å². The number of alkyl halides is 4. The molecule has 5 heteroatoms. The topological polar surface area (TPSA) is 9.23 Å². The van der Waals surface area contributed by atoms with Gasteiger partial charge in [-0.05, 0) is 42.9 Å². The van der Waals surface area contributed by atoms with Gasteiger partial charge in [0.05, 0.1) is 0 Å². The van der Waals surface area contributed by atoms with Crippen LogP contribution in [0.4, 0.5) is 13.2 Å². The van der Waals surface area contributed by atoms with E-state index in [4.69, 9.17) is 0 Å². The second-order valence-corrected chi connectivity index (χ2v) is 5.78.